The van der Waals surface area contributed by atoms with E-state index in [1.807, 2.05) is 13.8 Å². The van der Waals surface area contributed by atoms with E-state index in [0.717, 1.165) is 7.11 Å². The summed E-state index contributed by atoms with van der Waals surface area (Å²) in [6.07, 6.45) is 0.934. The number of rotatable bonds is 5. The number of methoxy groups -OCH3 is 1. The highest BCUT2D eigenvalue weighted by Crippen LogP contribution is 2.04. The molecule has 0 amide bonds. The molecule has 74 valence electrons. The number of Topliss-reactive ketones (excluding diaryl/α,β-unsaturated/α-hetero) is 1. The van der Waals surface area contributed by atoms with Crippen molar-refractivity contribution in [2.24, 2.45) is 5.92 Å². The van der Waals surface area contributed by atoms with E-state index in [2.05, 4.69) is 4.74 Å². The summed E-state index contributed by atoms with van der Waals surface area (Å²) in [6, 6.07) is 0. The summed E-state index contributed by atoms with van der Waals surface area (Å²) in [4.78, 5) is 21.9. The Morgan fingerprint density at radius 2 is 1.92 bits per heavy atom. The van der Waals surface area contributed by atoms with Crippen molar-refractivity contribution in [1.82, 2.24) is 0 Å². The molecule has 0 aliphatic rings. The van der Waals surface area contributed by atoms with Gasteiger partial charge in [-0.2, -0.15) is 0 Å². The maximum Gasteiger partial charge on any atom is 0.359 e. The summed E-state index contributed by atoms with van der Waals surface area (Å²) in [5.74, 6) is -0.899. The minimum atomic E-state index is -0.853. The third kappa shape index (κ3) is 4.40. The van der Waals surface area contributed by atoms with Gasteiger partial charge in [-0.15, -0.1) is 0 Å². The maximum absolute atomic E-state index is 11.1. The molecule has 0 aromatic rings. The van der Waals surface area contributed by atoms with E-state index in [1.54, 1.807) is 0 Å². The quantitative estimate of drug-likeness (QED) is 0.397. The Bertz CT molecular complexity index is 221. The zero-order valence-corrected chi connectivity index (χ0v) is 8.22. The molecule has 4 nitrogen and oxygen atoms in total. The van der Waals surface area contributed by atoms with Crippen molar-refractivity contribution >= 4 is 17.5 Å². The lowest BCUT2D eigenvalue weighted by Gasteiger charge is -2.03. The van der Waals surface area contributed by atoms with E-state index in [-0.39, 0.29) is 6.42 Å². The molecular weight excluding hydrogens is 170 g/mol. The molecule has 0 radical (unpaired) electrons. The van der Waals surface area contributed by atoms with E-state index < -0.39 is 17.5 Å². The Labute approximate surface area is 77.8 Å². The first-order valence-corrected chi connectivity index (χ1v) is 4.19. The number of hydrogen-bond donors (Lipinski definition) is 1. The molecule has 0 saturated carbocycles. The molecule has 0 aromatic carbocycles. The number of esters is 1. The van der Waals surface area contributed by atoms with Gasteiger partial charge in [0.05, 0.1) is 7.11 Å². The van der Waals surface area contributed by atoms with Crippen LogP contribution in [-0.2, 0) is 14.3 Å². The molecule has 0 saturated heterocycles. The third-order valence-corrected chi connectivity index (χ3v) is 1.62. The molecule has 0 fully saturated rings. The predicted molar refractivity (Wildman–Crippen MR) is 48.8 cm³/mol. The van der Waals surface area contributed by atoms with Crippen molar-refractivity contribution in [2.45, 2.75) is 26.7 Å². The van der Waals surface area contributed by atoms with Crippen LogP contribution in [0.1, 0.15) is 26.7 Å². The van der Waals surface area contributed by atoms with Crippen LogP contribution in [0.25, 0.3) is 0 Å². The van der Waals surface area contributed by atoms with Crippen molar-refractivity contribution in [3.8, 4) is 0 Å². The lowest BCUT2D eigenvalue weighted by atomic mass is 10.0. The highest BCUT2D eigenvalue weighted by molar-refractivity contribution is 6.63. The minimum Gasteiger partial charge on any atom is -0.464 e. The van der Waals surface area contributed by atoms with Gasteiger partial charge < -0.3 is 4.74 Å². The monoisotopic (exact) mass is 185 g/mol. The molecule has 0 heterocycles. The molecule has 0 rings (SSSR count). The molecule has 0 atom stereocenters. The second-order valence-electron chi connectivity index (χ2n) is 3.22. The van der Waals surface area contributed by atoms with Gasteiger partial charge in [-0.05, 0) is 12.3 Å². The van der Waals surface area contributed by atoms with E-state index in [1.165, 1.54) is 0 Å². The van der Waals surface area contributed by atoms with E-state index in [4.69, 9.17) is 5.41 Å². The summed E-state index contributed by atoms with van der Waals surface area (Å²) in [5, 5.41) is 7.12. The van der Waals surface area contributed by atoms with Crippen LogP contribution in [0, 0.1) is 11.3 Å². The van der Waals surface area contributed by atoms with Gasteiger partial charge in [0.25, 0.3) is 0 Å². The molecule has 0 aliphatic heterocycles. The number of ether oxygens (including phenoxy) is 1. The Kier molecular flexibility index (Phi) is 4.96. The normalized spacial score (nSPS) is 9.85. The molecular formula is C9H15NO3. The predicted octanol–water partition coefficient (Wildman–Crippen LogP) is 1.18. The number of hydrogen-bond acceptors (Lipinski definition) is 4. The van der Waals surface area contributed by atoms with Crippen LogP contribution >= 0.6 is 0 Å². The number of nitrogens with one attached hydrogen (secondary N) is 1. The lowest BCUT2D eigenvalue weighted by molar-refractivity contribution is -0.133. The Morgan fingerprint density at radius 1 is 1.38 bits per heavy atom. The van der Waals surface area contributed by atoms with Crippen LogP contribution in [0.3, 0.4) is 0 Å². The number of carbonyl (C=O) groups excluding carboxylic acids is 2. The third-order valence-electron chi connectivity index (χ3n) is 1.62. The van der Waals surface area contributed by atoms with Crippen molar-refractivity contribution in [2.75, 3.05) is 7.11 Å². The van der Waals surface area contributed by atoms with Crippen molar-refractivity contribution in [3.05, 3.63) is 0 Å². The summed E-state index contributed by atoms with van der Waals surface area (Å²) in [6.45, 7) is 3.96. The molecule has 0 aliphatic carbocycles. The van der Waals surface area contributed by atoms with Crippen LogP contribution in [-0.4, -0.2) is 24.6 Å². The highest BCUT2D eigenvalue weighted by atomic mass is 16.5. The summed E-state index contributed by atoms with van der Waals surface area (Å²) >= 11 is 0. The largest absolute Gasteiger partial charge is 0.464 e. The topological polar surface area (TPSA) is 67.2 Å². The Hall–Kier alpha value is -1.19. The summed E-state index contributed by atoms with van der Waals surface area (Å²) < 4.78 is 4.26. The molecule has 13 heavy (non-hydrogen) atoms. The van der Waals surface area contributed by atoms with Crippen LogP contribution in [0.4, 0.5) is 0 Å². The fourth-order valence-corrected chi connectivity index (χ4v) is 0.761. The van der Waals surface area contributed by atoms with Crippen LogP contribution in [0.5, 0.6) is 0 Å². The zero-order valence-electron chi connectivity index (χ0n) is 8.22. The fourth-order valence-electron chi connectivity index (χ4n) is 0.761. The van der Waals surface area contributed by atoms with E-state index in [0.29, 0.717) is 12.3 Å². The second-order valence-corrected chi connectivity index (χ2v) is 3.22. The SMILES string of the molecule is COC(=O)C(=N)C(=O)CCC(C)C. The average molecular weight is 185 g/mol. The first kappa shape index (κ1) is 11.8. The smallest absolute Gasteiger partial charge is 0.359 e. The molecule has 0 bridgehead atoms. The standard InChI is InChI=1S/C9H15NO3/c1-6(2)4-5-7(11)8(10)9(12)13-3/h6,10H,4-5H2,1-3H3. The van der Waals surface area contributed by atoms with Gasteiger partial charge in [-0.3, -0.25) is 10.2 Å². The molecule has 0 aromatic heterocycles. The molecule has 0 spiro atoms. The first-order valence-electron chi connectivity index (χ1n) is 4.19. The Morgan fingerprint density at radius 3 is 2.31 bits per heavy atom. The van der Waals surface area contributed by atoms with Gasteiger partial charge in [-0.1, -0.05) is 13.8 Å². The van der Waals surface area contributed by atoms with E-state index >= 15 is 0 Å². The lowest BCUT2D eigenvalue weighted by Crippen LogP contribution is -2.24. The first-order chi connectivity index (χ1) is 5.99. The average Bonchev–Trinajstić information content (AvgIpc) is 2.11. The van der Waals surface area contributed by atoms with Crippen LogP contribution in [0.2, 0.25) is 0 Å². The zero-order chi connectivity index (χ0) is 10.4. The van der Waals surface area contributed by atoms with E-state index in [9.17, 15) is 9.59 Å². The van der Waals surface area contributed by atoms with Crippen molar-refractivity contribution in [1.29, 1.82) is 5.41 Å². The highest BCUT2D eigenvalue weighted by Gasteiger charge is 2.18. The molecule has 0 unspecified atom stereocenters. The fraction of sp³-hybridized carbons (Fsp3) is 0.667. The van der Waals surface area contributed by atoms with Crippen LogP contribution in [0.15, 0.2) is 0 Å². The second kappa shape index (κ2) is 5.45. The minimum absolute atomic E-state index is 0.242. The van der Waals surface area contributed by atoms with Gasteiger partial charge in [0.2, 0.25) is 0 Å². The van der Waals surface area contributed by atoms with Gasteiger partial charge in [0, 0.05) is 6.42 Å². The Balaban J connectivity index is 3.98. The van der Waals surface area contributed by atoms with Crippen molar-refractivity contribution < 1.29 is 14.3 Å². The summed E-state index contributed by atoms with van der Waals surface area (Å²) in [7, 11) is 1.16. The van der Waals surface area contributed by atoms with Gasteiger partial charge in [-0.25, -0.2) is 4.79 Å². The van der Waals surface area contributed by atoms with Crippen molar-refractivity contribution in [3.63, 3.8) is 0 Å². The van der Waals surface area contributed by atoms with Crippen LogP contribution < -0.4 is 0 Å². The van der Waals surface area contributed by atoms with Gasteiger partial charge >= 0.3 is 5.97 Å². The number of carbonyl (C=O) groups is 2. The van der Waals surface area contributed by atoms with Gasteiger partial charge in [0.1, 0.15) is 0 Å². The molecule has 1 N–H and O–H groups in total. The molecule has 4 heteroatoms. The summed E-state index contributed by atoms with van der Waals surface area (Å²) in [5.41, 5.74) is -0.553. The van der Waals surface area contributed by atoms with Gasteiger partial charge in [0.15, 0.2) is 11.5 Å². The maximum atomic E-state index is 11.1. The number of ketones is 1.